The number of carbonyl (C=O) groups is 2. The van der Waals surface area contributed by atoms with Crippen molar-refractivity contribution in [1.82, 2.24) is 5.32 Å². The van der Waals surface area contributed by atoms with Crippen LogP contribution >= 0.6 is 0 Å². The highest BCUT2D eigenvalue weighted by molar-refractivity contribution is 5.87. The predicted molar refractivity (Wildman–Crippen MR) is 40.1 cm³/mol. The summed E-state index contributed by atoms with van der Waals surface area (Å²) in [6.07, 6.45) is 1.04. The van der Waals surface area contributed by atoms with Gasteiger partial charge in [0.1, 0.15) is 0 Å². The fourth-order valence-electron chi connectivity index (χ4n) is 0.615. The number of carboxylic acid groups (broad SMARTS) is 1. The molecule has 0 saturated carbocycles. The molecule has 0 heterocycles. The van der Waals surface area contributed by atoms with Crippen LogP contribution in [0.2, 0.25) is 0 Å². The molecular weight excluding hydrogens is 146 g/mol. The molecule has 0 aliphatic rings. The molecule has 0 aromatic heterocycles. The number of aliphatic carboxylic acids is 1. The van der Waals surface area contributed by atoms with Crippen LogP contribution in [0.15, 0.2) is 12.7 Å². The number of carbonyl (C=O) groups excluding carboxylic acids is 1. The van der Waals surface area contributed by atoms with E-state index in [2.05, 4.69) is 11.9 Å². The Hall–Kier alpha value is -1.32. The zero-order chi connectivity index (χ0) is 8.85. The highest BCUT2D eigenvalue weighted by Crippen LogP contribution is 1.89. The molecule has 0 spiro atoms. The number of carboxylic acids is 1. The van der Waals surface area contributed by atoms with Crippen LogP contribution in [0.1, 0.15) is 13.3 Å². The summed E-state index contributed by atoms with van der Waals surface area (Å²) in [5.41, 5.74) is 0. The second-order valence-electron chi connectivity index (χ2n) is 2.21. The highest BCUT2D eigenvalue weighted by atomic mass is 16.4. The van der Waals surface area contributed by atoms with Crippen molar-refractivity contribution >= 4 is 11.9 Å². The topological polar surface area (TPSA) is 66.4 Å². The fraction of sp³-hybridized carbons (Fsp3) is 0.429. The predicted octanol–water partition coefficient (Wildman–Crippen LogP) is 0.152. The van der Waals surface area contributed by atoms with E-state index in [1.165, 1.54) is 0 Å². The van der Waals surface area contributed by atoms with E-state index in [0.29, 0.717) is 0 Å². The molecule has 4 heteroatoms. The standard InChI is InChI=1S/C7H11NO3/c1-3-6(9)8-5(2)4-7(10)11/h3,5H,1,4H2,2H3,(H,8,9)(H,10,11). The largest absolute Gasteiger partial charge is 0.481 e. The molecule has 0 aromatic carbocycles. The minimum Gasteiger partial charge on any atom is -0.481 e. The summed E-state index contributed by atoms with van der Waals surface area (Å²) in [6, 6.07) is -0.349. The van der Waals surface area contributed by atoms with Gasteiger partial charge in [-0.15, -0.1) is 0 Å². The number of hydrogen-bond acceptors (Lipinski definition) is 2. The summed E-state index contributed by atoms with van der Waals surface area (Å²) in [7, 11) is 0. The average Bonchev–Trinajstić information content (AvgIpc) is 1.85. The van der Waals surface area contributed by atoms with Crippen LogP contribution in [0, 0.1) is 0 Å². The number of amides is 1. The maximum absolute atomic E-state index is 10.6. The zero-order valence-electron chi connectivity index (χ0n) is 6.33. The van der Waals surface area contributed by atoms with Gasteiger partial charge in [0.25, 0.3) is 0 Å². The SMILES string of the molecule is C=CC(=O)NC(C)CC(=O)O. The molecule has 1 unspecified atom stereocenters. The van der Waals surface area contributed by atoms with Crippen molar-refractivity contribution in [2.75, 3.05) is 0 Å². The minimum absolute atomic E-state index is 0.0699. The van der Waals surface area contributed by atoms with Gasteiger partial charge in [-0.1, -0.05) is 6.58 Å². The molecule has 0 bridgehead atoms. The van der Waals surface area contributed by atoms with Crippen LogP contribution in [-0.4, -0.2) is 23.0 Å². The molecule has 0 saturated heterocycles. The van der Waals surface area contributed by atoms with Gasteiger partial charge in [-0.3, -0.25) is 9.59 Å². The lowest BCUT2D eigenvalue weighted by Crippen LogP contribution is -2.32. The summed E-state index contributed by atoms with van der Waals surface area (Å²) in [6.45, 7) is 4.85. The van der Waals surface area contributed by atoms with Gasteiger partial charge < -0.3 is 10.4 Å². The van der Waals surface area contributed by atoms with E-state index in [0.717, 1.165) is 6.08 Å². The van der Waals surface area contributed by atoms with E-state index in [1.54, 1.807) is 6.92 Å². The Morgan fingerprint density at radius 2 is 2.27 bits per heavy atom. The first-order valence-corrected chi connectivity index (χ1v) is 3.21. The van der Waals surface area contributed by atoms with Crippen LogP contribution < -0.4 is 5.32 Å². The highest BCUT2D eigenvalue weighted by Gasteiger charge is 2.07. The molecular formula is C7H11NO3. The van der Waals surface area contributed by atoms with E-state index in [4.69, 9.17) is 5.11 Å². The first-order valence-electron chi connectivity index (χ1n) is 3.21. The van der Waals surface area contributed by atoms with E-state index < -0.39 is 5.97 Å². The van der Waals surface area contributed by atoms with Crippen LogP contribution in [0.25, 0.3) is 0 Å². The van der Waals surface area contributed by atoms with E-state index in [-0.39, 0.29) is 18.4 Å². The lowest BCUT2D eigenvalue weighted by Gasteiger charge is -2.08. The van der Waals surface area contributed by atoms with Crippen molar-refractivity contribution < 1.29 is 14.7 Å². The third-order valence-electron chi connectivity index (χ3n) is 1.05. The lowest BCUT2D eigenvalue weighted by molar-refractivity contribution is -0.137. The van der Waals surface area contributed by atoms with Crippen molar-refractivity contribution in [3.05, 3.63) is 12.7 Å². The quantitative estimate of drug-likeness (QED) is 0.571. The second kappa shape index (κ2) is 4.49. The van der Waals surface area contributed by atoms with Gasteiger partial charge in [0.05, 0.1) is 6.42 Å². The van der Waals surface area contributed by atoms with Crippen LogP contribution in [0.4, 0.5) is 0 Å². The summed E-state index contributed by atoms with van der Waals surface area (Å²) < 4.78 is 0. The normalized spacial score (nSPS) is 11.7. The lowest BCUT2D eigenvalue weighted by atomic mass is 10.2. The molecule has 1 amide bonds. The van der Waals surface area contributed by atoms with Crippen molar-refractivity contribution in [1.29, 1.82) is 0 Å². The minimum atomic E-state index is -0.929. The Morgan fingerprint density at radius 1 is 1.73 bits per heavy atom. The van der Waals surface area contributed by atoms with Crippen LogP contribution in [-0.2, 0) is 9.59 Å². The third-order valence-corrected chi connectivity index (χ3v) is 1.05. The number of hydrogen-bond donors (Lipinski definition) is 2. The number of rotatable bonds is 4. The molecule has 62 valence electrons. The zero-order valence-corrected chi connectivity index (χ0v) is 6.33. The average molecular weight is 157 g/mol. The van der Waals surface area contributed by atoms with Crippen molar-refractivity contribution in [3.8, 4) is 0 Å². The van der Waals surface area contributed by atoms with Gasteiger partial charge in [-0.05, 0) is 13.0 Å². The van der Waals surface area contributed by atoms with Crippen LogP contribution in [0.3, 0.4) is 0 Å². The van der Waals surface area contributed by atoms with Crippen molar-refractivity contribution in [2.45, 2.75) is 19.4 Å². The Morgan fingerprint density at radius 3 is 2.64 bits per heavy atom. The molecule has 2 N–H and O–H groups in total. The fourth-order valence-corrected chi connectivity index (χ4v) is 0.615. The molecule has 0 fully saturated rings. The molecule has 0 rings (SSSR count). The van der Waals surface area contributed by atoms with Gasteiger partial charge in [0.15, 0.2) is 0 Å². The second-order valence-corrected chi connectivity index (χ2v) is 2.21. The number of nitrogens with one attached hydrogen (secondary N) is 1. The van der Waals surface area contributed by atoms with E-state index >= 15 is 0 Å². The van der Waals surface area contributed by atoms with Gasteiger partial charge in [0.2, 0.25) is 5.91 Å². The molecule has 0 aliphatic heterocycles. The maximum Gasteiger partial charge on any atom is 0.305 e. The Labute approximate surface area is 64.9 Å². The Bertz CT molecular complexity index is 177. The van der Waals surface area contributed by atoms with E-state index in [9.17, 15) is 9.59 Å². The summed E-state index contributed by atoms with van der Waals surface area (Å²) in [5, 5.41) is 10.7. The third kappa shape index (κ3) is 5.14. The molecule has 0 aliphatic carbocycles. The summed E-state index contributed by atoms with van der Waals surface area (Å²) >= 11 is 0. The van der Waals surface area contributed by atoms with Crippen molar-refractivity contribution in [2.24, 2.45) is 0 Å². The molecule has 0 aromatic rings. The molecule has 1 atom stereocenters. The van der Waals surface area contributed by atoms with Gasteiger partial charge >= 0.3 is 5.97 Å². The van der Waals surface area contributed by atoms with Gasteiger partial charge in [-0.25, -0.2) is 0 Å². The smallest absolute Gasteiger partial charge is 0.305 e. The van der Waals surface area contributed by atoms with Gasteiger partial charge in [0, 0.05) is 6.04 Å². The molecule has 0 radical (unpaired) electrons. The summed E-state index contributed by atoms with van der Waals surface area (Å²) in [4.78, 5) is 20.7. The Kier molecular flexibility index (Phi) is 3.95. The van der Waals surface area contributed by atoms with Crippen LogP contribution in [0.5, 0.6) is 0 Å². The molecule has 4 nitrogen and oxygen atoms in total. The monoisotopic (exact) mass is 157 g/mol. The van der Waals surface area contributed by atoms with Crippen molar-refractivity contribution in [3.63, 3.8) is 0 Å². The molecule has 11 heavy (non-hydrogen) atoms. The first-order chi connectivity index (χ1) is 5.06. The van der Waals surface area contributed by atoms with E-state index in [1.807, 2.05) is 0 Å². The summed E-state index contributed by atoms with van der Waals surface area (Å²) in [5.74, 6) is -1.28. The maximum atomic E-state index is 10.6. The first kappa shape index (κ1) is 9.68. The Balaban J connectivity index is 3.68. The van der Waals surface area contributed by atoms with Gasteiger partial charge in [-0.2, -0.15) is 0 Å².